The molecule has 0 saturated carbocycles. The van der Waals surface area contributed by atoms with Crippen LogP contribution in [0.15, 0.2) is 34.2 Å². The maximum absolute atomic E-state index is 13.3. The van der Waals surface area contributed by atoms with E-state index in [1.807, 2.05) is 6.92 Å². The molecule has 3 aromatic rings. The summed E-state index contributed by atoms with van der Waals surface area (Å²) in [6, 6.07) is 5.95. The van der Waals surface area contributed by atoms with Gasteiger partial charge in [0, 0.05) is 5.56 Å². The van der Waals surface area contributed by atoms with Crippen LogP contribution in [0.3, 0.4) is 0 Å². The minimum absolute atomic E-state index is 0.0937. The van der Waals surface area contributed by atoms with E-state index in [1.165, 1.54) is 23.5 Å². The lowest BCUT2D eigenvalue weighted by Crippen LogP contribution is -1.87. The van der Waals surface area contributed by atoms with Gasteiger partial charge in [-0.1, -0.05) is 11.2 Å². The molecular weight excluding hydrogens is 267 g/mol. The molecule has 1 N–H and O–H groups in total. The summed E-state index contributed by atoms with van der Waals surface area (Å²) in [5.41, 5.74) is 1.43. The van der Waals surface area contributed by atoms with Crippen molar-refractivity contribution in [3.63, 3.8) is 0 Å². The predicted octanol–water partition coefficient (Wildman–Crippen LogP) is 3.62. The number of aromatic nitrogens is 2. The first-order chi connectivity index (χ1) is 9.15. The van der Waals surface area contributed by atoms with Crippen molar-refractivity contribution in [3.8, 4) is 27.9 Å². The van der Waals surface area contributed by atoms with Gasteiger partial charge in [-0.25, -0.2) is 4.39 Å². The summed E-state index contributed by atoms with van der Waals surface area (Å²) in [5.74, 6) is 0.271. The molecule has 0 aliphatic carbocycles. The molecule has 0 fully saturated rings. The molecule has 1 aromatic carbocycles. The van der Waals surface area contributed by atoms with Gasteiger partial charge in [-0.2, -0.15) is 4.98 Å². The Morgan fingerprint density at radius 3 is 2.89 bits per heavy atom. The summed E-state index contributed by atoms with van der Waals surface area (Å²) in [5, 5.41) is 15.2. The zero-order chi connectivity index (χ0) is 13.4. The summed E-state index contributed by atoms with van der Waals surface area (Å²) >= 11 is 1.30. The standard InChI is InChI=1S/C13H9FN2O2S/c1-7-2-3-8(14)6-9(7)12-15-13(18-16-12)11-10(17)4-5-19-11/h2-6,17H,1H3. The van der Waals surface area contributed by atoms with Gasteiger partial charge in [0.2, 0.25) is 5.82 Å². The lowest BCUT2D eigenvalue weighted by molar-refractivity contribution is 0.427. The second-order valence-corrected chi connectivity index (χ2v) is 4.93. The molecule has 0 saturated heterocycles. The average Bonchev–Trinajstić information content (AvgIpc) is 3.00. The molecule has 2 aromatic heterocycles. The van der Waals surface area contributed by atoms with Crippen LogP contribution in [-0.4, -0.2) is 15.2 Å². The van der Waals surface area contributed by atoms with Gasteiger partial charge in [-0.05, 0) is 36.1 Å². The zero-order valence-corrected chi connectivity index (χ0v) is 10.7. The first kappa shape index (κ1) is 11.9. The number of benzene rings is 1. The average molecular weight is 276 g/mol. The number of hydrogen-bond acceptors (Lipinski definition) is 5. The van der Waals surface area contributed by atoms with Gasteiger partial charge >= 0.3 is 0 Å². The second kappa shape index (κ2) is 4.47. The topological polar surface area (TPSA) is 59.2 Å². The van der Waals surface area contributed by atoms with Crippen molar-refractivity contribution >= 4 is 11.3 Å². The van der Waals surface area contributed by atoms with E-state index in [4.69, 9.17) is 4.52 Å². The number of halogens is 1. The summed E-state index contributed by atoms with van der Waals surface area (Å²) in [6.45, 7) is 1.84. The Morgan fingerprint density at radius 2 is 2.16 bits per heavy atom. The highest BCUT2D eigenvalue weighted by atomic mass is 32.1. The van der Waals surface area contributed by atoms with Crippen molar-refractivity contribution in [1.29, 1.82) is 0 Å². The third-order valence-electron chi connectivity index (χ3n) is 2.71. The monoisotopic (exact) mass is 276 g/mol. The summed E-state index contributed by atoms with van der Waals surface area (Å²) < 4.78 is 18.4. The zero-order valence-electron chi connectivity index (χ0n) is 9.92. The first-order valence-electron chi connectivity index (χ1n) is 5.52. The Kier molecular flexibility index (Phi) is 2.79. The summed E-state index contributed by atoms with van der Waals surface area (Å²) in [7, 11) is 0. The van der Waals surface area contributed by atoms with Crippen LogP contribution in [0.1, 0.15) is 5.56 Å². The maximum Gasteiger partial charge on any atom is 0.272 e. The first-order valence-corrected chi connectivity index (χ1v) is 6.40. The Hall–Kier alpha value is -2.21. The fourth-order valence-corrected chi connectivity index (χ4v) is 2.43. The predicted molar refractivity (Wildman–Crippen MR) is 69.4 cm³/mol. The van der Waals surface area contributed by atoms with E-state index in [9.17, 15) is 9.50 Å². The number of thiophene rings is 1. The normalized spacial score (nSPS) is 10.8. The molecule has 0 radical (unpaired) electrons. The fourth-order valence-electron chi connectivity index (χ4n) is 1.72. The number of hydrogen-bond donors (Lipinski definition) is 1. The van der Waals surface area contributed by atoms with Gasteiger partial charge in [0.15, 0.2) is 0 Å². The molecule has 4 nitrogen and oxygen atoms in total. The lowest BCUT2D eigenvalue weighted by atomic mass is 10.1. The molecule has 6 heteroatoms. The molecule has 0 aliphatic rings. The molecule has 0 bridgehead atoms. The smallest absolute Gasteiger partial charge is 0.272 e. The van der Waals surface area contributed by atoms with E-state index in [0.717, 1.165) is 5.56 Å². The molecule has 0 aliphatic heterocycles. The highest BCUT2D eigenvalue weighted by Gasteiger charge is 2.16. The van der Waals surface area contributed by atoms with E-state index >= 15 is 0 Å². The number of aryl methyl sites for hydroxylation is 1. The molecule has 19 heavy (non-hydrogen) atoms. The number of nitrogens with zero attached hydrogens (tertiary/aromatic N) is 2. The van der Waals surface area contributed by atoms with Crippen LogP contribution in [-0.2, 0) is 0 Å². The molecular formula is C13H9FN2O2S. The van der Waals surface area contributed by atoms with E-state index < -0.39 is 0 Å². The highest BCUT2D eigenvalue weighted by Crippen LogP contribution is 2.34. The Bertz CT molecular complexity index is 736. The fraction of sp³-hybridized carbons (Fsp3) is 0.0769. The molecule has 0 spiro atoms. The molecule has 0 unspecified atom stereocenters. The van der Waals surface area contributed by atoms with Crippen molar-refractivity contribution in [2.24, 2.45) is 0 Å². The Morgan fingerprint density at radius 1 is 1.32 bits per heavy atom. The Balaban J connectivity index is 2.06. The largest absolute Gasteiger partial charge is 0.506 e. The van der Waals surface area contributed by atoms with Crippen LogP contribution >= 0.6 is 11.3 Å². The SMILES string of the molecule is Cc1ccc(F)cc1-c1noc(-c2sccc2O)n1. The van der Waals surface area contributed by atoms with Gasteiger partial charge in [-0.3, -0.25) is 0 Å². The lowest BCUT2D eigenvalue weighted by Gasteiger charge is -1.99. The summed E-state index contributed by atoms with van der Waals surface area (Å²) in [4.78, 5) is 4.70. The van der Waals surface area contributed by atoms with Crippen molar-refractivity contribution in [3.05, 3.63) is 41.0 Å². The maximum atomic E-state index is 13.3. The van der Waals surface area contributed by atoms with Gasteiger partial charge in [-0.15, -0.1) is 11.3 Å². The Labute approximate surface area is 112 Å². The van der Waals surface area contributed by atoms with E-state index in [2.05, 4.69) is 10.1 Å². The van der Waals surface area contributed by atoms with E-state index in [-0.39, 0.29) is 17.5 Å². The van der Waals surface area contributed by atoms with Gasteiger partial charge in [0.1, 0.15) is 16.4 Å². The molecule has 0 atom stereocenters. The minimum Gasteiger partial charge on any atom is -0.506 e. The van der Waals surface area contributed by atoms with Crippen molar-refractivity contribution in [2.75, 3.05) is 0 Å². The molecule has 0 amide bonds. The highest BCUT2D eigenvalue weighted by molar-refractivity contribution is 7.13. The quantitative estimate of drug-likeness (QED) is 0.776. The number of aromatic hydroxyl groups is 1. The van der Waals surface area contributed by atoms with Gasteiger partial charge in [0.25, 0.3) is 5.89 Å². The van der Waals surface area contributed by atoms with Crippen molar-refractivity contribution in [2.45, 2.75) is 6.92 Å². The minimum atomic E-state index is -0.356. The van der Waals surface area contributed by atoms with Crippen LogP contribution < -0.4 is 0 Å². The van der Waals surface area contributed by atoms with Crippen LogP contribution in [0.5, 0.6) is 5.75 Å². The molecule has 2 heterocycles. The van der Waals surface area contributed by atoms with E-state index in [1.54, 1.807) is 17.5 Å². The van der Waals surface area contributed by atoms with Crippen LogP contribution in [0.4, 0.5) is 4.39 Å². The van der Waals surface area contributed by atoms with Crippen molar-refractivity contribution in [1.82, 2.24) is 10.1 Å². The third-order valence-corrected chi connectivity index (χ3v) is 3.60. The van der Waals surface area contributed by atoms with Gasteiger partial charge < -0.3 is 9.63 Å². The molecule has 96 valence electrons. The number of rotatable bonds is 2. The second-order valence-electron chi connectivity index (χ2n) is 4.02. The van der Waals surface area contributed by atoms with Crippen LogP contribution in [0.2, 0.25) is 0 Å². The van der Waals surface area contributed by atoms with Crippen molar-refractivity contribution < 1.29 is 14.0 Å². The summed E-state index contributed by atoms with van der Waals surface area (Å²) in [6.07, 6.45) is 0. The van der Waals surface area contributed by atoms with Crippen LogP contribution in [0, 0.1) is 12.7 Å². The van der Waals surface area contributed by atoms with Crippen LogP contribution in [0.25, 0.3) is 22.2 Å². The van der Waals surface area contributed by atoms with E-state index in [0.29, 0.717) is 16.3 Å². The molecule has 3 rings (SSSR count). The third kappa shape index (κ3) is 2.10. The van der Waals surface area contributed by atoms with Gasteiger partial charge in [0.05, 0.1) is 0 Å².